The van der Waals surface area contributed by atoms with Gasteiger partial charge in [-0.15, -0.1) is 0 Å². The lowest BCUT2D eigenvalue weighted by Gasteiger charge is -2.09. The number of ether oxygens (including phenoxy) is 1. The summed E-state index contributed by atoms with van der Waals surface area (Å²) >= 11 is 0. The summed E-state index contributed by atoms with van der Waals surface area (Å²) in [4.78, 5) is 12.6. The van der Waals surface area contributed by atoms with E-state index in [-0.39, 0.29) is 5.78 Å². The Morgan fingerprint density at radius 2 is 1.68 bits per heavy atom. The van der Waals surface area contributed by atoms with Crippen LogP contribution in [0.15, 0.2) is 66.7 Å². The van der Waals surface area contributed by atoms with Gasteiger partial charge in [0.1, 0.15) is 5.75 Å². The molecule has 3 rings (SSSR count). The molecule has 2 nitrogen and oxygen atoms in total. The summed E-state index contributed by atoms with van der Waals surface area (Å²) in [7, 11) is 1.63. The number of rotatable bonds is 5. The van der Waals surface area contributed by atoms with Gasteiger partial charge in [0.2, 0.25) is 0 Å². The highest BCUT2D eigenvalue weighted by Crippen LogP contribution is 2.26. The summed E-state index contributed by atoms with van der Waals surface area (Å²) in [6.45, 7) is 0. The number of ketones is 1. The van der Waals surface area contributed by atoms with E-state index >= 15 is 0 Å². The molecule has 0 aliphatic carbocycles. The van der Waals surface area contributed by atoms with Gasteiger partial charge in [-0.1, -0.05) is 54.6 Å². The Balaban J connectivity index is 1.89. The quantitative estimate of drug-likeness (QED) is 0.639. The molecular formula is C20H18O2. The van der Waals surface area contributed by atoms with Crippen LogP contribution in [0.25, 0.3) is 10.8 Å². The van der Waals surface area contributed by atoms with Gasteiger partial charge in [0.05, 0.1) is 7.11 Å². The number of carbonyl (C=O) groups excluding carboxylic acids is 1. The minimum Gasteiger partial charge on any atom is -0.497 e. The molecule has 0 aliphatic heterocycles. The average Bonchev–Trinajstić information content (AvgIpc) is 2.59. The Morgan fingerprint density at radius 1 is 0.955 bits per heavy atom. The molecule has 0 radical (unpaired) electrons. The van der Waals surface area contributed by atoms with Crippen molar-refractivity contribution in [2.75, 3.05) is 7.11 Å². The molecule has 0 amide bonds. The fourth-order valence-corrected chi connectivity index (χ4v) is 2.67. The molecule has 0 saturated heterocycles. The van der Waals surface area contributed by atoms with E-state index in [1.807, 2.05) is 54.6 Å². The summed E-state index contributed by atoms with van der Waals surface area (Å²) in [6, 6.07) is 21.8. The van der Waals surface area contributed by atoms with Crippen molar-refractivity contribution in [2.24, 2.45) is 0 Å². The zero-order chi connectivity index (χ0) is 15.4. The topological polar surface area (TPSA) is 26.3 Å². The molecule has 110 valence electrons. The van der Waals surface area contributed by atoms with Crippen LogP contribution in [0, 0.1) is 0 Å². The molecule has 0 heterocycles. The maximum absolute atomic E-state index is 12.6. The fraction of sp³-hybridized carbons (Fsp3) is 0.150. The molecule has 2 heteroatoms. The number of aryl methyl sites for hydroxylation is 1. The van der Waals surface area contributed by atoms with Crippen molar-refractivity contribution in [1.29, 1.82) is 0 Å². The van der Waals surface area contributed by atoms with Crippen LogP contribution in [0.1, 0.15) is 22.3 Å². The average molecular weight is 290 g/mol. The van der Waals surface area contributed by atoms with Crippen molar-refractivity contribution < 1.29 is 9.53 Å². The standard InChI is InChI=1S/C20H18O2/c1-22-17-13-16-9-5-6-10-18(16)19(14-17)20(21)12-11-15-7-3-2-4-8-15/h2-10,13-14H,11-12H2,1H3. The Kier molecular flexibility index (Phi) is 4.19. The van der Waals surface area contributed by atoms with Gasteiger partial charge >= 0.3 is 0 Å². The van der Waals surface area contributed by atoms with Crippen LogP contribution in [-0.2, 0) is 6.42 Å². The molecule has 0 N–H and O–H groups in total. The van der Waals surface area contributed by atoms with E-state index in [4.69, 9.17) is 4.74 Å². The molecule has 0 bridgehead atoms. The highest BCUT2D eigenvalue weighted by molar-refractivity contribution is 6.08. The van der Waals surface area contributed by atoms with E-state index in [1.165, 1.54) is 5.56 Å². The zero-order valence-corrected chi connectivity index (χ0v) is 12.6. The van der Waals surface area contributed by atoms with Gasteiger partial charge < -0.3 is 4.74 Å². The Morgan fingerprint density at radius 3 is 2.45 bits per heavy atom. The predicted octanol–water partition coefficient (Wildman–Crippen LogP) is 4.66. The third-order valence-corrected chi connectivity index (χ3v) is 3.85. The van der Waals surface area contributed by atoms with Gasteiger partial charge in [0.25, 0.3) is 0 Å². The van der Waals surface area contributed by atoms with E-state index in [9.17, 15) is 4.79 Å². The number of hydrogen-bond acceptors (Lipinski definition) is 2. The van der Waals surface area contributed by atoms with Crippen LogP contribution in [0.2, 0.25) is 0 Å². The Hall–Kier alpha value is -2.61. The normalized spacial score (nSPS) is 10.6. The lowest BCUT2D eigenvalue weighted by molar-refractivity contribution is 0.0984. The number of Topliss-reactive ketones (excluding diaryl/α,β-unsaturated/α-hetero) is 1. The van der Waals surface area contributed by atoms with E-state index in [2.05, 4.69) is 12.1 Å². The molecule has 0 fully saturated rings. The number of fused-ring (bicyclic) bond motifs is 1. The van der Waals surface area contributed by atoms with Gasteiger partial charge in [0.15, 0.2) is 5.78 Å². The zero-order valence-electron chi connectivity index (χ0n) is 12.6. The smallest absolute Gasteiger partial charge is 0.163 e. The van der Waals surface area contributed by atoms with Crippen molar-refractivity contribution in [3.8, 4) is 5.75 Å². The van der Waals surface area contributed by atoms with Crippen molar-refractivity contribution in [3.05, 3.63) is 77.9 Å². The largest absolute Gasteiger partial charge is 0.497 e. The van der Waals surface area contributed by atoms with E-state index in [0.717, 1.165) is 28.5 Å². The molecule has 0 aliphatic rings. The molecule has 3 aromatic rings. The lowest BCUT2D eigenvalue weighted by Crippen LogP contribution is -2.03. The molecule has 0 unspecified atom stereocenters. The second-order valence-corrected chi connectivity index (χ2v) is 5.30. The second-order valence-electron chi connectivity index (χ2n) is 5.30. The lowest BCUT2D eigenvalue weighted by atomic mass is 9.97. The van der Waals surface area contributed by atoms with Gasteiger partial charge in [-0.25, -0.2) is 0 Å². The van der Waals surface area contributed by atoms with Crippen LogP contribution in [0.4, 0.5) is 0 Å². The van der Waals surface area contributed by atoms with Crippen molar-refractivity contribution in [2.45, 2.75) is 12.8 Å². The summed E-state index contributed by atoms with van der Waals surface area (Å²) in [5.41, 5.74) is 1.92. The third kappa shape index (κ3) is 3.01. The minimum atomic E-state index is 0.152. The first-order valence-electron chi connectivity index (χ1n) is 7.42. The van der Waals surface area contributed by atoms with E-state index in [0.29, 0.717) is 6.42 Å². The monoisotopic (exact) mass is 290 g/mol. The summed E-state index contributed by atoms with van der Waals surface area (Å²) in [6.07, 6.45) is 1.26. The fourth-order valence-electron chi connectivity index (χ4n) is 2.67. The van der Waals surface area contributed by atoms with Gasteiger partial charge in [-0.05, 0) is 34.9 Å². The maximum atomic E-state index is 12.6. The molecule has 3 aromatic carbocycles. The summed E-state index contributed by atoms with van der Waals surface area (Å²) < 4.78 is 5.32. The highest BCUT2D eigenvalue weighted by atomic mass is 16.5. The maximum Gasteiger partial charge on any atom is 0.163 e. The van der Waals surface area contributed by atoms with Crippen LogP contribution < -0.4 is 4.74 Å². The molecule has 0 aromatic heterocycles. The first-order chi connectivity index (χ1) is 10.8. The van der Waals surface area contributed by atoms with Gasteiger partial charge in [0, 0.05) is 12.0 Å². The number of hydrogen-bond donors (Lipinski definition) is 0. The van der Waals surface area contributed by atoms with Crippen LogP contribution in [0.3, 0.4) is 0 Å². The number of carbonyl (C=O) groups is 1. The summed E-state index contributed by atoms with van der Waals surface area (Å²) in [5.74, 6) is 0.876. The van der Waals surface area contributed by atoms with E-state index in [1.54, 1.807) is 7.11 Å². The van der Waals surface area contributed by atoms with Gasteiger partial charge in [-0.3, -0.25) is 4.79 Å². The Bertz CT molecular complexity index is 791. The first-order valence-corrected chi connectivity index (χ1v) is 7.42. The first kappa shape index (κ1) is 14.3. The van der Waals surface area contributed by atoms with E-state index < -0.39 is 0 Å². The predicted molar refractivity (Wildman–Crippen MR) is 89.6 cm³/mol. The summed E-state index contributed by atoms with van der Waals surface area (Å²) in [5, 5.41) is 2.02. The van der Waals surface area contributed by atoms with Gasteiger partial charge in [-0.2, -0.15) is 0 Å². The molecule has 0 spiro atoms. The SMILES string of the molecule is COc1cc(C(=O)CCc2ccccc2)c2ccccc2c1. The van der Waals surface area contributed by atoms with Crippen LogP contribution in [-0.4, -0.2) is 12.9 Å². The molecule has 0 saturated carbocycles. The number of methoxy groups -OCH3 is 1. The highest BCUT2D eigenvalue weighted by Gasteiger charge is 2.12. The molecule has 22 heavy (non-hydrogen) atoms. The molecule has 0 atom stereocenters. The van der Waals surface area contributed by atoms with Crippen LogP contribution >= 0.6 is 0 Å². The molecular weight excluding hydrogens is 272 g/mol. The van der Waals surface area contributed by atoms with Crippen molar-refractivity contribution in [1.82, 2.24) is 0 Å². The number of benzene rings is 3. The van der Waals surface area contributed by atoms with Crippen LogP contribution in [0.5, 0.6) is 5.75 Å². The minimum absolute atomic E-state index is 0.152. The second kappa shape index (κ2) is 6.44. The Labute approximate surface area is 130 Å². The van der Waals surface area contributed by atoms with Crippen molar-refractivity contribution >= 4 is 16.6 Å². The van der Waals surface area contributed by atoms with Crippen molar-refractivity contribution in [3.63, 3.8) is 0 Å². The third-order valence-electron chi connectivity index (χ3n) is 3.85.